The summed E-state index contributed by atoms with van der Waals surface area (Å²) in [4.78, 5) is 21.4. The summed E-state index contributed by atoms with van der Waals surface area (Å²) in [5.41, 5.74) is 3.04. The normalized spacial score (nSPS) is 18.2. The Kier molecular flexibility index (Phi) is 5.99. The predicted molar refractivity (Wildman–Crippen MR) is 91.6 cm³/mol. The van der Waals surface area contributed by atoms with Crippen molar-refractivity contribution in [3.05, 3.63) is 22.9 Å². The second-order valence-electron chi connectivity index (χ2n) is 6.46. The summed E-state index contributed by atoms with van der Waals surface area (Å²) in [7, 11) is 3.51. The van der Waals surface area contributed by atoms with Crippen molar-refractivity contribution in [2.45, 2.75) is 52.6 Å². The number of carbonyl (C=O) groups excluding carboxylic acids is 1. The second-order valence-corrected chi connectivity index (χ2v) is 6.46. The van der Waals surface area contributed by atoms with E-state index in [9.17, 15) is 4.79 Å². The van der Waals surface area contributed by atoms with E-state index in [4.69, 9.17) is 4.74 Å². The number of hydrogen-bond acceptors (Lipinski definition) is 4. The van der Waals surface area contributed by atoms with Gasteiger partial charge in [-0.05, 0) is 57.8 Å². The van der Waals surface area contributed by atoms with E-state index in [1.54, 1.807) is 7.11 Å². The Bertz CT molecular complexity index is 559. The zero-order chi connectivity index (χ0) is 17.0. The average molecular weight is 319 g/mol. The van der Waals surface area contributed by atoms with Crippen molar-refractivity contribution in [1.29, 1.82) is 0 Å². The fraction of sp³-hybridized carbons (Fsp3) is 0.667. The van der Waals surface area contributed by atoms with Crippen LogP contribution in [-0.4, -0.2) is 54.0 Å². The molecule has 0 aromatic carbocycles. The number of nitrogens with zero attached hydrogens (tertiary/aromatic N) is 3. The molecule has 1 unspecified atom stereocenters. The van der Waals surface area contributed by atoms with Gasteiger partial charge in [-0.2, -0.15) is 0 Å². The summed E-state index contributed by atoms with van der Waals surface area (Å²) in [6, 6.07) is 2.07. The lowest BCUT2D eigenvalue weighted by Crippen LogP contribution is -2.44. The van der Waals surface area contributed by atoms with E-state index in [1.807, 2.05) is 31.9 Å². The molecule has 23 heavy (non-hydrogen) atoms. The van der Waals surface area contributed by atoms with E-state index in [-0.39, 0.29) is 11.9 Å². The molecule has 1 fully saturated rings. The molecule has 128 valence electrons. The summed E-state index contributed by atoms with van der Waals surface area (Å²) in [5, 5.41) is 0. The monoisotopic (exact) mass is 319 g/mol. The van der Waals surface area contributed by atoms with Gasteiger partial charge in [-0.25, -0.2) is 4.98 Å². The number of ether oxygens (including phenoxy) is 1. The maximum atomic E-state index is 12.8. The molecule has 1 aromatic heterocycles. The topological polar surface area (TPSA) is 45.7 Å². The van der Waals surface area contributed by atoms with E-state index in [2.05, 4.69) is 16.8 Å². The molecule has 5 nitrogen and oxygen atoms in total. The van der Waals surface area contributed by atoms with Gasteiger partial charge in [-0.3, -0.25) is 9.69 Å². The molecule has 1 atom stereocenters. The number of rotatable bonds is 6. The second kappa shape index (κ2) is 7.77. The first-order valence-corrected chi connectivity index (χ1v) is 8.48. The summed E-state index contributed by atoms with van der Waals surface area (Å²) < 4.78 is 5.41. The number of pyridine rings is 1. The van der Waals surface area contributed by atoms with Crippen molar-refractivity contribution in [3.8, 4) is 5.88 Å². The van der Waals surface area contributed by atoms with Gasteiger partial charge >= 0.3 is 0 Å². The molecule has 1 aliphatic heterocycles. The van der Waals surface area contributed by atoms with Crippen LogP contribution in [0.4, 0.5) is 0 Å². The van der Waals surface area contributed by atoms with Crippen LogP contribution in [-0.2, 0) is 11.3 Å². The molecule has 0 spiro atoms. The van der Waals surface area contributed by atoms with E-state index < -0.39 is 0 Å². The first-order valence-electron chi connectivity index (χ1n) is 8.48. The first kappa shape index (κ1) is 17.7. The molecule has 1 aromatic rings. The number of likely N-dealkylation sites (tertiary alicyclic amines) is 1. The zero-order valence-corrected chi connectivity index (χ0v) is 15.1. The SMILES string of the molecule is CCCN1CCCC1C(=O)N(C)Cc1c(C)cc(C)nc1OC. The lowest BCUT2D eigenvalue weighted by Gasteiger charge is -2.28. The molecule has 5 heteroatoms. The van der Waals surface area contributed by atoms with Gasteiger partial charge in [0, 0.05) is 18.3 Å². The number of likely N-dealkylation sites (N-methyl/N-ethyl adjacent to an activating group) is 1. The van der Waals surface area contributed by atoms with E-state index >= 15 is 0 Å². The number of hydrogen-bond donors (Lipinski definition) is 0. The number of amides is 1. The lowest BCUT2D eigenvalue weighted by molar-refractivity contribution is -0.135. The molecule has 1 saturated heterocycles. The Morgan fingerprint density at radius 2 is 2.22 bits per heavy atom. The van der Waals surface area contributed by atoms with Crippen LogP contribution in [0.3, 0.4) is 0 Å². The standard InChI is InChI=1S/C18H29N3O2/c1-6-9-21-10-7-8-16(21)18(22)20(4)12-15-13(2)11-14(3)19-17(15)23-5/h11,16H,6-10,12H2,1-5H3. The van der Waals surface area contributed by atoms with Gasteiger partial charge in [-0.1, -0.05) is 6.92 Å². The van der Waals surface area contributed by atoms with Crippen molar-refractivity contribution < 1.29 is 9.53 Å². The molecular formula is C18H29N3O2. The first-order chi connectivity index (χ1) is 11.0. The lowest BCUT2D eigenvalue weighted by atomic mass is 10.1. The maximum absolute atomic E-state index is 12.8. The molecule has 2 rings (SSSR count). The van der Waals surface area contributed by atoms with Crippen molar-refractivity contribution in [2.75, 3.05) is 27.2 Å². The van der Waals surface area contributed by atoms with Crippen LogP contribution in [0.15, 0.2) is 6.07 Å². The van der Waals surface area contributed by atoms with E-state index in [0.717, 1.165) is 49.2 Å². The van der Waals surface area contributed by atoms with Crippen LogP contribution >= 0.6 is 0 Å². The molecule has 1 aliphatic rings. The fourth-order valence-electron chi connectivity index (χ4n) is 3.42. The number of aryl methyl sites for hydroxylation is 2. The minimum atomic E-state index is 0.0321. The number of carbonyl (C=O) groups is 1. The van der Waals surface area contributed by atoms with Gasteiger partial charge in [0.25, 0.3) is 0 Å². The van der Waals surface area contributed by atoms with Crippen LogP contribution in [0.5, 0.6) is 5.88 Å². The van der Waals surface area contributed by atoms with Crippen LogP contribution in [0.2, 0.25) is 0 Å². The van der Waals surface area contributed by atoms with Gasteiger partial charge < -0.3 is 9.64 Å². The van der Waals surface area contributed by atoms with Crippen LogP contribution in [0, 0.1) is 13.8 Å². The highest BCUT2D eigenvalue weighted by Gasteiger charge is 2.32. The van der Waals surface area contributed by atoms with Crippen LogP contribution in [0.25, 0.3) is 0 Å². The maximum Gasteiger partial charge on any atom is 0.239 e. The van der Waals surface area contributed by atoms with Crippen LogP contribution < -0.4 is 4.74 Å². The molecule has 1 amide bonds. The molecule has 0 bridgehead atoms. The third-order valence-corrected chi connectivity index (χ3v) is 4.56. The summed E-state index contributed by atoms with van der Waals surface area (Å²) in [6.07, 6.45) is 3.16. The van der Waals surface area contributed by atoms with Crippen molar-refractivity contribution in [1.82, 2.24) is 14.8 Å². The zero-order valence-electron chi connectivity index (χ0n) is 15.1. The van der Waals surface area contributed by atoms with Crippen LogP contribution in [0.1, 0.15) is 43.0 Å². The Balaban J connectivity index is 2.12. The van der Waals surface area contributed by atoms with Gasteiger partial charge in [0.15, 0.2) is 0 Å². The van der Waals surface area contributed by atoms with Gasteiger partial charge in [-0.15, -0.1) is 0 Å². The fourth-order valence-corrected chi connectivity index (χ4v) is 3.42. The predicted octanol–water partition coefficient (Wildman–Crippen LogP) is 2.54. The van der Waals surface area contributed by atoms with Crippen molar-refractivity contribution in [3.63, 3.8) is 0 Å². The molecular weight excluding hydrogens is 290 g/mol. The smallest absolute Gasteiger partial charge is 0.239 e. The summed E-state index contributed by atoms with van der Waals surface area (Å²) >= 11 is 0. The van der Waals surface area contributed by atoms with E-state index in [0.29, 0.717) is 12.4 Å². The molecule has 0 radical (unpaired) electrons. The molecule has 0 N–H and O–H groups in total. The minimum Gasteiger partial charge on any atom is -0.481 e. The highest BCUT2D eigenvalue weighted by Crippen LogP contribution is 2.24. The minimum absolute atomic E-state index is 0.0321. The van der Waals surface area contributed by atoms with Gasteiger partial charge in [0.05, 0.1) is 19.7 Å². The highest BCUT2D eigenvalue weighted by molar-refractivity contribution is 5.82. The van der Waals surface area contributed by atoms with Gasteiger partial charge in [0.1, 0.15) is 0 Å². The Morgan fingerprint density at radius 3 is 2.87 bits per heavy atom. The van der Waals surface area contributed by atoms with E-state index in [1.165, 1.54) is 0 Å². The van der Waals surface area contributed by atoms with Crippen molar-refractivity contribution in [2.24, 2.45) is 0 Å². The number of methoxy groups -OCH3 is 1. The largest absolute Gasteiger partial charge is 0.481 e. The number of aromatic nitrogens is 1. The molecule has 0 saturated carbocycles. The average Bonchev–Trinajstić information content (AvgIpc) is 2.97. The quantitative estimate of drug-likeness (QED) is 0.808. The Morgan fingerprint density at radius 1 is 1.48 bits per heavy atom. The third-order valence-electron chi connectivity index (χ3n) is 4.56. The van der Waals surface area contributed by atoms with Gasteiger partial charge in [0.2, 0.25) is 11.8 Å². The molecule has 0 aliphatic carbocycles. The summed E-state index contributed by atoms with van der Waals surface area (Å²) in [6.45, 7) is 8.73. The van der Waals surface area contributed by atoms with Crippen molar-refractivity contribution >= 4 is 5.91 Å². The summed E-state index contributed by atoms with van der Waals surface area (Å²) in [5.74, 6) is 0.831. The highest BCUT2D eigenvalue weighted by atomic mass is 16.5. The third kappa shape index (κ3) is 4.02. The molecule has 2 heterocycles. The Labute approximate surface area is 139 Å². The Hall–Kier alpha value is -1.62.